The van der Waals surface area contributed by atoms with Gasteiger partial charge in [-0.2, -0.15) is 0 Å². The highest BCUT2D eigenvalue weighted by Crippen LogP contribution is 2.08. The first kappa shape index (κ1) is 13.1. The van der Waals surface area contributed by atoms with Crippen molar-refractivity contribution in [3.05, 3.63) is 35.4 Å². The third-order valence-electron chi connectivity index (χ3n) is 2.27. The number of hydroxylamine groups is 2. The lowest BCUT2D eigenvalue weighted by atomic mass is 10.0. The summed E-state index contributed by atoms with van der Waals surface area (Å²) in [5.74, 6) is -1.60. The molecule has 0 spiro atoms. The number of carboxylic acid groups (broad SMARTS) is 1. The molecule has 6 nitrogen and oxygen atoms in total. The predicted molar refractivity (Wildman–Crippen MR) is 59.6 cm³/mol. The van der Waals surface area contributed by atoms with Gasteiger partial charge >= 0.3 is 5.97 Å². The van der Waals surface area contributed by atoms with Gasteiger partial charge in [0.1, 0.15) is 6.04 Å². The Labute approximate surface area is 98.2 Å². The highest BCUT2D eigenvalue weighted by molar-refractivity contribution is 5.93. The second kappa shape index (κ2) is 5.42. The van der Waals surface area contributed by atoms with Gasteiger partial charge < -0.3 is 10.8 Å². The lowest BCUT2D eigenvalue weighted by Crippen LogP contribution is -2.32. The Kier molecular flexibility index (Phi) is 4.19. The molecule has 0 aliphatic heterocycles. The van der Waals surface area contributed by atoms with Crippen molar-refractivity contribution in [2.75, 3.05) is 7.05 Å². The number of carboxylic acids is 1. The number of hydrogen-bond acceptors (Lipinski definition) is 4. The molecule has 0 aliphatic rings. The van der Waals surface area contributed by atoms with Gasteiger partial charge in [-0.15, -0.1) is 0 Å². The van der Waals surface area contributed by atoms with Crippen molar-refractivity contribution in [2.24, 2.45) is 5.73 Å². The molecule has 0 saturated heterocycles. The smallest absolute Gasteiger partial charge is 0.320 e. The molecule has 0 heterocycles. The first-order valence-electron chi connectivity index (χ1n) is 4.96. The molecule has 0 aromatic heterocycles. The van der Waals surface area contributed by atoms with Crippen LogP contribution in [0.2, 0.25) is 0 Å². The lowest BCUT2D eigenvalue weighted by molar-refractivity contribution is -0.138. The summed E-state index contributed by atoms with van der Waals surface area (Å²) in [4.78, 5) is 21.9. The van der Waals surface area contributed by atoms with Gasteiger partial charge in [0.05, 0.1) is 0 Å². The summed E-state index contributed by atoms with van der Waals surface area (Å²) in [6.45, 7) is 0. The fraction of sp³-hybridized carbons (Fsp3) is 0.273. The second-order valence-electron chi connectivity index (χ2n) is 3.67. The molecule has 17 heavy (non-hydrogen) atoms. The van der Waals surface area contributed by atoms with Gasteiger partial charge in [0, 0.05) is 12.6 Å². The number of benzene rings is 1. The van der Waals surface area contributed by atoms with Crippen LogP contribution in [0.5, 0.6) is 0 Å². The number of carbonyl (C=O) groups excluding carboxylic acids is 1. The van der Waals surface area contributed by atoms with E-state index in [2.05, 4.69) is 0 Å². The van der Waals surface area contributed by atoms with Crippen LogP contribution in [0.3, 0.4) is 0 Å². The van der Waals surface area contributed by atoms with E-state index >= 15 is 0 Å². The molecule has 92 valence electrons. The van der Waals surface area contributed by atoms with Crippen molar-refractivity contribution in [1.29, 1.82) is 0 Å². The average molecular weight is 238 g/mol. The minimum atomic E-state index is -1.07. The zero-order chi connectivity index (χ0) is 13.0. The molecule has 1 unspecified atom stereocenters. The van der Waals surface area contributed by atoms with Gasteiger partial charge in [0.25, 0.3) is 5.91 Å². The Morgan fingerprint density at radius 2 is 1.88 bits per heavy atom. The van der Waals surface area contributed by atoms with Crippen LogP contribution in [0.15, 0.2) is 24.3 Å². The molecule has 1 aromatic rings. The zero-order valence-electron chi connectivity index (χ0n) is 9.33. The molecule has 1 rings (SSSR count). The maximum absolute atomic E-state index is 11.3. The van der Waals surface area contributed by atoms with Crippen LogP contribution in [0.4, 0.5) is 0 Å². The summed E-state index contributed by atoms with van der Waals surface area (Å²) < 4.78 is 0. The molecule has 1 aromatic carbocycles. The first-order valence-corrected chi connectivity index (χ1v) is 4.96. The Morgan fingerprint density at radius 1 is 1.35 bits per heavy atom. The van der Waals surface area contributed by atoms with Gasteiger partial charge in [-0.3, -0.25) is 14.8 Å². The maximum atomic E-state index is 11.3. The van der Waals surface area contributed by atoms with E-state index in [4.69, 9.17) is 16.0 Å². The summed E-state index contributed by atoms with van der Waals surface area (Å²) in [5, 5.41) is 18.1. The molecular formula is C11H14N2O4. The molecule has 0 saturated carbocycles. The van der Waals surface area contributed by atoms with Gasteiger partial charge in [-0.25, -0.2) is 5.06 Å². The monoisotopic (exact) mass is 238 g/mol. The molecule has 0 radical (unpaired) electrons. The van der Waals surface area contributed by atoms with E-state index in [0.29, 0.717) is 10.6 Å². The summed E-state index contributed by atoms with van der Waals surface area (Å²) in [6, 6.07) is 5.29. The quantitative estimate of drug-likeness (QED) is 0.510. The van der Waals surface area contributed by atoms with Crippen molar-refractivity contribution in [3.63, 3.8) is 0 Å². The Hall–Kier alpha value is -1.92. The van der Waals surface area contributed by atoms with Gasteiger partial charge in [0.15, 0.2) is 0 Å². The van der Waals surface area contributed by atoms with E-state index in [1.807, 2.05) is 0 Å². The van der Waals surface area contributed by atoms with Crippen molar-refractivity contribution in [2.45, 2.75) is 12.5 Å². The molecule has 4 N–H and O–H groups in total. The second-order valence-corrected chi connectivity index (χ2v) is 3.67. The molecule has 0 fully saturated rings. The van der Waals surface area contributed by atoms with Crippen molar-refractivity contribution < 1.29 is 19.9 Å². The van der Waals surface area contributed by atoms with E-state index in [1.54, 1.807) is 12.1 Å². The van der Waals surface area contributed by atoms with Crippen LogP contribution in [0.1, 0.15) is 15.9 Å². The number of nitrogens with two attached hydrogens (primary N) is 1. The minimum absolute atomic E-state index is 0.193. The summed E-state index contributed by atoms with van der Waals surface area (Å²) in [7, 11) is 1.23. The first-order chi connectivity index (χ1) is 7.91. The highest BCUT2D eigenvalue weighted by atomic mass is 16.5. The predicted octanol–water partition coefficient (Wildman–Crippen LogP) is 0.102. The molecule has 1 atom stereocenters. The standard InChI is InChI=1S/C11H14N2O4/c1-13(17)10(14)8-4-2-7(3-5-8)6-9(12)11(15)16/h2-5,9,17H,6,12H2,1H3,(H,15,16). The molecule has 1 amide bonds. The van der Waals surface area contributed by atoms with E-state index in [0.717, 1.165) is 5.56 Å². The number of amides is 1. The SMILES string of the molecule is CN(O)C(=O)c1ccc(CC(N)C(=O)O)cc1. The molecular weight excluding hydrogens is 224 g/mol. The Morgan fingerprint density at radius 3 is 2.29 bits per heavy atom. The fourth-order valence-electron chi connectivity index (χ4n) is 1.31. The topological polar surface area (TPSA) is 104 Å². The third kappa shape index (κ3) is 3.54. The largest absolute Gasteiger partial charge is 0.480 e. The van der Waals surface area contributed by atoms with Crippen molar-refractivity contribution in [3.8, 4) is 0 Å². The highest BCUT2D eigenvalue weighted by Gasteiger charge is 2.13. The van der Waals surface area contributed by atoms with Gasteiger partial charge in [-0.05, 0) is 24.1 Å². The number of hydrogen-bond donors (Lipinski definition) is 3. The molecule has 6 heteroatoms. The van der Waals surface area contributed by atoms with Crippen LogP contribution < -0.4 is 5.73 Å². The van der Waals surface area contributed by atoms with E-state index in [1.165, 1.54) is 19.2 Å². The lowest BCUT2D eigenvalue weighted by Gasteiger charge is -2.09. The molecule has 0 bridgehead atoms. The maximum Gasteiger partial charge on any atom is 0.320 e. The Bertz CT molecular complexity index is 414. The normalized spacial score (nSPS) is 11.9. The number of nitrogens with zero attached hydrogens (tertiary/aromatic N) is 1. The van der Waals surface area contributed by atoms with E-state index in [-0.39, 0.29) is 6.42 Å². The zero-order valence-corrected chi connectivity index (χ0v) is 9.33. The van der Waals surface area contributed by atoms with E-state index < -0.39 is 17.9 Å². The number of carbonyl (C=O) groups is 2. The average Bonchev–Trinajstić information content (AvgIpc) is 2.28. The van der Waals surface area contributed by atoms with Gasteiger partial charge in [0.2, 0.25) is 0 Å². The van der Waals surface area contributed by atoms with Crippen molar-refractivity contribution >= 4 is 11.9 Å². The summed E-state index contributed by atoms with van der Waals surface area (Å²) in [6.07, 6.45) is 0.193. The summed E-state index contributed by atoms with van der Waals surface area (Å²) in [5.41, 5.74) is 6.42. The van der Waals surface area contributed by atoms with Crippen molar-refractivity contribution in [1.82, 2.24) is 5.06 Å². The summed E-state index contributed by atoms with van der Waals surface area (Å²) >= 11 is 0. The van der Waals surface area contributed by atoms with Crippen LogP contribution >= 0.6 is 0 Å². The van der Waals surface area contributed by atoms with E-state index in [9.17, 15) is 9.59 Å². The minimum Gasteiger partial charge on any atom is -0.480 e. The van der Waals surface area contributed by atoms with Crippen LogP contribution in [0, 0.1) is 0 Å². The number of aliphatic carboxylic acids is 1. The number of rotatable bonds is 4. The molecule has 0 aliphatic carbocycles. The van der Waals surface area contributed by atoms with Crippen LogP contribution in [-0.4, -0.2) is 40.3 Å². The van der Waals surface area contributed by atoms with Gasteiger partial charge in [-0.1, -0.05) is 12.1 Å². The van der Waals surface area contributed by atoms with Crippen LogP contribution in [0.25, 0.3) is 0 Å². The third-order valence-corrected chi connectivity index (χ3v) is 2.27. The van der Waals surface area contributed by atoms with Crippen LogP contribution in [-0.2, 0) is 11.2 Å². The Balaban J connectivity index is 2.75. The fourth-order valence-corrected chi connectivity index (χ4v) is 1.31.